The number of amides is 1. The molecule has 0 spiro atoms. The molecule has 24 heavy (non-hydrogen) atoms. The molecule has 0 saturated heterocycles. The summed E-state index contributed by atoms with van der Waals surface area (Å²) in [7, 11) is 1.91. The molecule has 5 heteroatoms. The third kappa shape index (κ3) is 2.69. The van der Waals surface area contributed by atoms with Gasteiger partial charge in [0.15, 0.2) is 0 Å². The quantitative estimate of drug-likeness (QED) is 0.751. The molecule has 1 aromatic carbocycles. The van der Waals surface area contributed by atoms with E-state index in [0.717, 1.165) is 33.5 Å². The molecule has 3 rings (SSSR count). The molecule has 0 saturated carbocycles. The number of hydrogen-bond acceptors (Lipinski definition) is 3. The lowest BCUT2D eigenvalue weighted by atomic mass is 10.0. The van der Waals surface area contributed by atoms with Gasteiger partial charge < -0.3 is 5.32 Å². The highest BCUT2D eigenvalue weighted by molar-refractivity contribution is 6.07. The van der Waals surface area contributed by atoms with Gasteiger partial charge in [0.1, 0.15) is 0 Å². The summed E-state index contributed by atoms with van der Waals surface area (Å²) < 4.78 is 1.83. The van der Waals surface area contributed by atoms with E-state index in [-0.39, 0.29) is 5.91 Å². The predicted octanol–water partition coefficient (Wildman–Crippen LogP) is 3.17. The molecular weight excluding hydrogens is 300 g/mol. The van der Waals surface area contributed by atoms with Crippen molar-refractivity contribution in [3.05, 3.63) is 59.9 Å². The van der Waals surface area contributed by atoms with Crippen LogP contribution in [-0.4, -0.2) is 27.2 Å². The van der Waals surface area contributed by atoms with Crippen molar-refractivity contribution in [2.24, 2.45) is 7.05 Å². The average Bonchev–Trinajstić information content (AvgIpc) is 2.84. The van der Waals surface area contributed by atoms with E-state index < -0.39 is 0 Å². The maximum absolute atomic E-state index is 12.6. The van der Waals surface area contributed by atoms with Crippen molar-refractivity contribution in [2.45, 2.75) is 13.8 Å². The molecule has 0 atom stereocenters. The maximum Gasteiger partial charge on any atom is 0.252 e. The molecule has 0 unspecified atom stereocenters. The second kappa shape index (κ2) is 6.28. The summed E-state index contributed by atoms with van der Waals surface area (Å²) >= 11 is 0. The van der Waals surface area contributed by atoms with Crippen molar-refractivity contribution in [1.29, 1.82) is 0 Å². The molecule has 0 aliphatic carbocycles. The molecule has 122 valence electrons. The third-order valence-corrected chi connectivity index (χ3v) is 4.13. The summed E-state index contributed by atoms with van der Waals surface area (Å²) in [6, 6.07) is 9.52. The van der Waals surface area contributed by atoms with E-state index in [1.165, 1.54) is 0 Å². The van der Waals surface area contributed by atoms with Crippen LogP contribution in [0.3, 0.4) is 0 Å². The Kier molecular flexibility index (Phi) is 4.16. The van der Waals surface area contributed by atoms with E-state index in [1.54, 1.807) is 6.08 Å². The Morgan fingerprint density at radius 2 is 2.08 bits per heavy atom. The number of aryl methyl sites for hydroxylation is 2. The van der Waals surface area contributed by atoms with Crippen LogP contribution >= 0.6 is 0 Å². The summed E-state index contributed by atoms with van der Waals surface area (Å²) in [5.41, 5.74) is 5.06. The van der Waals surface area contributed by atoms with Crippen LogP contribution in [0.4, 0.5) is 0 Å². The predicted molar refractivity (Wildman–Crippen MR) is 95.9 cm³/mol. The number of para-hydroxylation sites is 1. The first-order chi connectivity index (χ1) is 11.5. The molecule has 0 aliphatic heterocycles. The van der Waals surface area contributed by atoms with E-state index >= 15 is 0 Å². The van der Waals surface area contributed by atoms with Crippen molar-refractivity contribution in [3.8, 4) is 11.3 Å². The molecule has 2 heterocycles. The number of fused-ring (bicyclic) bond motifs is 1. The molecular formula is C19H20N4O. The molecule has 0 radical (unpaired) electrons. The van der Waals surface area contributed by atoms with E-state index in [2.05, 4.69) is 17.0 Å². The number of nitrogens with one attached hydrogen (secondary N) is 1. The summed E-state index contributed by atoms with van der Waals surface area (Å²) in [6.45, 7) is 8.03. The van der Waals surface area contributed by atoms with Gasteiger partial charge >= 0.3 is 0 Å². The zero-order chi connectivity index (χ0) is 17.3. The highest BCUT2D eigenvalue weighted by Crippen LogP contribution is 2.29. The Hall–Kier alpha value is -2.95. The molecule has 1 N–H and O–H groups in total. The fourth-order valence-corrected chi connectivity index (χ4v) is 2.90. The average molecular weight is 320 g/mol. The van der Waals surface area contributed by atoms with Crippen LogP contribution in [0, 0.1) is 13.8 Å². The van der Waals surface area contributed by atoms with Crippen molar-refractivity contribution in [1.82, 2.24) is 20.1 Å². The van der Waals surface area contributed by atoms with Gasteiger partial charge in [0.25, 0.3) is 5.91 Å². The van der Waals surface area contributed by atoms with Gasteiger partial charge in [-0.3, -0.25) is 9.48 Å². The fraction of sp³-hybridized carbons (Fsp3) is 0.211. The number of carbonyl (C=O) groups excluding carboxylic acids is 1. The van der Waals surface area contributed by atoms with Crippen molar-refractivity contribution < 1.29 is 4.79 Å². The van der Waals surface area contributed by atoms with E-state index in [9.17, 15) is 4.79 Å². The highest BCUT2D eigenvalue weighted by Gasteiger charge is 2.18. The number of carbonyl (C=O) groups is 1. The van der Waals surface area contributed by atoms with Crippen molar-refractivity contribution in [2.75, 3.05) is 6.54 Å². The standard InChI is InChI=1S/C19H20N4O/c1-5-10-20-19(24)15-11-17(18-12(2)22-23(4)13(18)3)21-16-9-7-6-8-14(15)16/h5-9,11H,1,10H2,2-4H3,(H,20,24). The highest BCUT2D eigenvalue weighted by atomic mass is 16.1. The van der Waals surface area contributed by atoms with Crippen LogP contribution in [0.2, 0.25) is 0 Å². The van der Waals surface area contributed by atoms with Crippen LogP contribution in [0.25, 0.3) is 22.2 Å². The second-order valence-electron chi connectivity index (χ2n) is 5.74. The van der Waals surface area contributed by atoms with Gasteiger partial charge in [-0.15, -0.1) is 6.58 Å². The van der Waals surface area contributed by atoms with Gasteiger partial charge in [0, 0.05) is 30.2 Å². The normalized spacial score (nSPS) is 10.8. The lowest BCUT2D eigenvalue weighted by Crippen LogP contribution is -2.23. The van der Waals surface area contributed by atoms with Gasteiger partial charge in [0.05, 0.1) is 22.5 Å². The van der Waals surface area contributed by atoms with E-state index in [1.807, 2.05) is 55.9 Å². The molecule has 0 fully saturated rings. The van der Waals surface area contributed by atoms with Gasteiger partial charge in [-0.1, -0.05) is 24.3 Å². The van der Waals surface area contributed by atoms with Gasteiger partial charge in [-0.2, -0.15) is 5.10 Å². The Labute approximate surface area is 141 Å². The molecule has 0 aliphatic rings. The largest absolute Gasteiger partial charge is 0.349 e. The summed E-state index contributed by atoms with van der Waals surface area (Å²) in [5.74, 6) is -0.131. The topological polar surface area (TPSA) is 59.8 Å². The number of nitrogens with zero attached hydrogens (tertiary/aromatic N) is 3. The zero-order valence-corrected chi connectivity index (χ0v) is 14.1. The first kappa shape index (κ1) is 15.9. The van der Waals surface area contributed by atoms with Crippen LogP contribution in [0.15, 0.2) is 43.0 Å². The van der Waals surface area contributed by atoms with Crippen LogP contribution in [0.5, 0.6) is 0 Å². The maximum atomic E-state index is 12.6. The van der Waals surface area contributed by atoms with Crippen molar-refractivity contribution in [3.63, 3.8) is 0 Å². The van der Waals surface area contributed by atoms with Crippen molar-refractivity contribution >= 4 is 16.8 Å². The lowest BCUT2D eigenvalue weighted by Gasteiger charge is -2.10. The number of hydrogen-bond donors (Lipinski definition) is 1. The monoisotopic (exact) mass is 320 g/mol. The molecule has 1 amide bonds. The smallest absolute Gasteiger partial charge is 0.252 e. The number of rotatable bonds is 4. The third-order valence-electron chi connectivity index (χ3n) is 4.13. The Balaban J connectivity index is 2.23. The molecule has 0 bridgehead atoms. The molecule has 3 aromatic rings. The Morgan fingerprint density at radius 3 is 2.75 bits per heavy atom. The van der Waals surface area contributed by atoms with Gasteiger partial charge in [0.2, 0.25) is 0 Å². The first-order valence-electron chi connectivity index (χ1n) is 7.82. The second-order valence-corrected chi connectivity index (χ2v) is 5.74. The number of aromatic nitrogens is 3. The number of benzene rings is 1. The summed E-state index contributed by atoms with van der Waals surface area (Å²) in [5, 5.41) is 8.14. The van der Waals surface area contributed by atoms with Gasteiger partial charge in [-0.05, 0) is 26.0 Å². The zero-order valence-electron chi connectivity index (χ0n) is 14.1. The van der Waals surface area contributed by atoms with Crippen LogP contribution in [-0.2, 0) is 7.05 Å². The fourth-order valence-electron chi connectivity index (χ4n) is 2.90. The summed E-state index contributed by atoms with van der Waals surface area (Å²) in [6.07, 6.45) is 1.66. The SMILES string of the molecule is C=CCNC(=O)c1cc(-c2c(C)nn(C)c2C)nc2ccccc12. The van der Waals surface area contributed by atoms with Gasteiger partial charge in [-0.25, -0.2) is 4.98 Å². The van der Waals surface area contributed by atoms with E-state index in [4.69, 9.17) is 4.98 Å². The minimum absolute atomic E-state index is 0.131. The Bertz CT molecular complexity index is 940. The lowest BCUT2D eigenvalue weighted by molar-refractivity contribution is 0.0959. The summed E-state index contributed by atoms with van der Waals surface area (Å²) in [4.78, 5) is 17.3. The molecule has 5 nitrogen and oxygen atoms in total. The minimum atomic E-state index is -0.131. The molecule has 2 aromatic heterocycles. The Morgan fingerprint density at radius 1 is 1.33 bits per heavy atom. The van der Waals surface area contributed by atoms with Crippen LogP contribution in [0.1, 0.15) is 21.7 Å². The number of pyridine rings is 1. The minimum Gasteiger partial charge on any atom is -0.349 e. The van der Waals surface area contributed by atoms with Crippen LogP contribution < -0.4 is 5.32 Å². The first-order valence-corrected chi connectivity index (χ1v) is 7.82. The van der Waals surface area contributed by atoms with E-state index in [0.29, 0.717) is 12.1 Å².